The summed E-state index contributed by atoms with van der Waals surface area (Å²) >= 11 is 0. The lowest BCUT2D eigenvalue weighted by Crippen LogP contribution is -2.22. The molecule has 0 aliphatic carbocycles. The summed E-state index contributed by atoms with van der Waals surface area (Å²) in [5.41, 5.74) is 4.43. The van der Waals surface area contributed by atoms with Gasteiger partial charge in [0.25, 0.3) is 5.91 Å². The highest BCUT2D eigenvalue weighted by molar-refractivity contribution is 5.98. The summed E-state index contributed by atoms with van der Waals surface area (Å²) in [5, 5.41) is 16.6. The van der Waals surface area contributed by atoms with Gasteiger partial charge in [0.2, 0.25) is 0 Å². The van der Waals surface area contributed by atoms with E-state index in [-0.39, 0.29) is 5.91 Å². The zero-order chi connectivity index (χ0) is 19.5. The molecule has 0 aliphatic heterocycles. The molecule has 2 aromatic carbocycles. The fourth-order valence-electron chi connectivity index (χ4n) is 3.28. The summed E-state index contributed by atoms with van der Waals surface area (Å²) in [6.07, 6.45) is 1.73. The Bertz CT molecular complexity index is 1200. The minimum absolute atomic E-state index is 0.199. The molecule has 6 nitrogen and oxygen atoms in total. The van der Waals surface area contributed by atoms with Crippen LogP contribution in [0.3, 0.4) is 0 Å². The number of aromatic nitrogens is 2. The number of carbonyl (C=O) groups excluding carboxylic acids is 1. The Morgan fingerprint density at radius 3 is 2.71 bits per heavy atom. The van der Waals surface area contributed by atoms with Crippen molar-refractivity contribution in [2.24, 2.45) is 0 Å². The Morgan fingerprint density at radius 1 is 1.14 bits per heavy atom. The van der Waals surface area contributed by atoms with Gasteiger partial charge in [-0.05, 0) is 36.8 Å². The second kappa shape index (κ2) is 7.41. The van der Waals surface area contributed by atoms with Crippen molar-refractivity contribution in [1.29, 1.82) is 5.26 Å². The Kier molecular flexibility index (Phi) is 4.65. The first kappa shape index (κ1) is 17.6. The highest BCUT2D eigenvalue weighted by Gasteiger charge is 2.14. The van der Waals surface area contributed by atoms with Gasteiger partial charge in [-0.15, -0.1) is 0 Å². The molecule has 4 aromatic rings. The SMILES string of the molecule is CCNC(=O)c1cn2c(ccc3c(NCc4ccccc4)c(C#N)ccc32)n1. The summed E-state index contributed by atoms with van der Waals surface area (Å²) in [7, 11) is 0. The van der Waals surface area contributed by atoms with E-state index in [1.807, 2.05) is 59.9 Å². The van der Waals surface area contributed by atoms with Crippen molar-refractivity contribution in [2.45, 2.75) is 13.5 Å². The number of fused-ring (bicyclic) bond motifs is 3. The second-order valence-electron chi connectivity index (χ2n) is 6.42. The summed E-state index contributed by atoms with van der Waals surface area (Å²) < 4.78 is 1.88. The number of imidazole rings is 1. The van der Waals surface area contributed by atoms with Crippen molar-refractivity contribution in [3.8, 4) is 6.07 Å². The molecule has 2 N–H and O–H groups in total. The molecule has 0 fully saturated rings. The highest BCUT2D eigenvalue weighted by Crippen LogP contribution is 2.29. The summed E-state index contributed by atoms with van der Waals surface area (Å²) in [6.45, 7) is 3.03. The number of nitrogens with one attached hydrogen (secondary N) is 2. The average Bonchev–Trinajstić information content (AvgIpc) is 3.17. The molecule has 6 heteroatoms. The van der Waals surface area contributed by atoms with Gasteiger partial charge in [0.15, 0.2) is 0 Å². The van der Waals surface area contributed by atoms with Crippen molar-refractivity contribution in [1.82, 2.24) is 14.7 Å². The average molecular weight is 369 g/mol. The number of hydrogen-bond acceptors (Lipinski definition) is 4. The molecule has 0 unspecified atom stereocenters. The van der Waals surface area contributed by atoms with E-state index in [4.69, 9.17) is 0 Å². The van der Waals surface area contributed by atoms with Gasteiger partial charge in [-0.3, -0.25) is 9.20 Å². The summed E-state index contributed by atoms with van der Waals surface area (Å²) in [5.74, 6) is -0.199. The van der Waals surface area contributed by atoms with Crippen LogP contribution < -0.4 is 10.6 Å². The lowest BCUT2D eigenvalue weighted by Gasteiger charge is -2.13. The number of pyridine rings is 1. The number of nitrogens with zero attached hydrogens (tertiary/aromatic N) is 3. The van der Waals surface area contributed by atoms with Gasteiger partial charge < -0.3 is 10.6 Å². The van der Waals surface area contributed by atoms with Crippen LogP contribution in [0.1, 0.15) is 28.5 Å². The fourth-order valence-corrected chi connectivity index (χ4v) is 3.28. The molecular formula is C22H19N5O. The third kappa shape index (κ3) is 3.14. The Balaban J connectivity index is 1.80. The first-order chi connectivity index (χ1) is 13.7. The number of hydrogen-bond donors (Lipinski definition) is 2. The van der Waals surface area contributed by atoms with Crippen molar-refractivity contribution < 1.29 is 4.79 Å². The van der Waals surface area contributed by atoms with E-state index in [0.29, 0.717) is 30.0 Å². The zero-order valence-electron chi connectivity index (χ0n) is 15.4. The van der Waals surface area contributed by atoms with Crippen LogP contribution in [0.5, 0.6) is 0 Å². The van der Waals surface area contributed by atoms with E-state index in [0.717, 1.165) is 22.2 Å². The van der Waals surface area contributed by atoms with Crippen LogP contribution in [-0.2, 0) is 6.54 Å². The van der Waals surface area contributed by atoms with Gasteiger partial charge in [-0.2, -0.15) is 5.26 Å². The van der Waals surface area contributed by atoms with Crippen LogP contribution in [0, 0.1) is 11.3 Å². The molecular weight excluding hydrogens is 350 g/mol. The van der Waals surface area contributed by atoms with Crippen molar-refractivity contribution in [2.75, 3.05) is 11.9 Å². The van der Waals surface area contributed by atoms with Crippen LogP contribution in [0.2, 0.25) is 0 Å². The highest BCUT2D eigenvalue weighted by atomic mass is 16.1. The first-order valence-electron chi connectivity index (χ1n) is 9.12. The quantitative estimate of drug-likeness (QED) is 0.562. The predicted molar refractivity (Wildman–Crippen MR) is 109 cm³/mol. The molecule has 4 rings (SSSR count). The van der Waals surface area contributed by atoms with Crippen LogP contribution in [-0.4, -0.2) is 21.8 Å². The smallest absolute Gasteiger partial charge is 0.271 e. The van der Waals surface area contributed by atoms with Crippen molar-refractivity contribution >= 4 is 28.1 Å². The van der Waals surface area contributed by atoms with Gasteiger partial charge in [-0.1, -0.05) is 30.3 Å². The fraction of sp³-hybridized carbons (Fsp3) is 0.136. The number of amides is 1. The molecule has 0 bridgehead atoms. The molecule has 28 heavy (non-hydrogen) atoms. The van der Waals surface area contributed by atoms with E-state index < -0.39 is 0 Å². The minimum atomic E-state index is -0.199. The number of anilines is 1. The first-order valence-corrected chi connectivity index (χ1v) is 9.12. The van der Waals surface area contributed by atoms with E-state index in [1.54, 1.807) is 12.3 Å². The summed E-state index contributed by atoms with van der Waals surface area (Å²) in [6, 6.07) is 19.8. The van der Waals surface area contributed by atoms with E-state index in [9.17, 15) is 10.1 Å². The minimum Gasteiger partial charge on any atom is -0.379 e. The lowest BCUT2D eigenvalue weighted by molar-refractivity contribution is 0.0951. The number of carbonyl (C=O) groups is 1. The summed E-state index contributed by atoms with van der Waals surface area (Å²) in [4.78, 5) is 16.5. The molecule has 0 aliphatic rings. The van der Waals surface area contributed by atoms with Gasteiger partial charge in [0.1, 0.15) is 17.4 Å². The molecule has 2 heterocycles. The molecule has 1 amide bonds. The molecule has 0 radical (unpaired) electrons. The van der Waals surface area contributed by atoms with Gasteiger partial charge in [0.05, 0.1) is 16.8 Å². The van der Waals surface area contributed by atoms with Crippen molar-refractivity contribution in [3.63, 3.8) is 0 Å². The van der Waals surface area contributed by atoms with Crippen LogP contribution >= 0.6 is 0 Å². The van der Waals surface area contributed by atoms with Crippen molar-refractivity contribution in [3.05, 3.63) is 77.6 Å². The number of benzene rings is 2. The van der Waals surface area contributed by atoms with E-state index in [1.165, 1.54) is 0 Å². The van der Waals surface area contributed by atoms with Crippen LogP contribution in [0.15, 0.2) is 60.8 Å². The molecule has 0 saturated carbocycles. The number of rotatable bonds is 5. The Morgan fingerprint density at radius 2 is 1.96 bits per heavy atom. The Labute approximate surface area is 162 Å². The maximum Gasteiger partial charge on any atom is 0.271 e. The molecule has 0 saturated heterocycles. The second-order valence-corrected chi connectivity index (χ2v) is 6.42. The molecule has 138 valence electrons. The molecule has 0 atom stereocenters. The topological polar surface area (TPSA) is 82.2 Å². The third-order valence-corrected chi connectivity index (χ3v) is 4.62. The third-order valence-electron chi connectivity index (χ3n) is 4.62. The lowest BCUT2D eigenvalue weighted by atomic mass is 10.1. The number of nitriles is 1. The largest absolute Gasteiger partial charge is 0.379 e. The van der Waals surface area contributed by atoms with Gasteiger partial charge in [-0.25, -0.2) is 4.98 Å². The predicted octanol–water partition coefficient (Wildman–Crippen LogP) is 3.72. The van der Waals surface area contributed by atoms with Crippen LogP contribution in [0.4, 0.5) is 5.69 Å². The van der Waals surface area contributed by atoms with Crippen LogP contribution in [0.25, 0.3) is 16.6 Å². The van der Waals surface area contributed by atoms with Gasteiger partial charge in [0, 0.05) is 24.7 Å². The van der Waals surface area contributed by atoms with E-state index >= 15 is 0 Å². The zero-order valence-corrected chi connectivity index (χ0v) is 15.4. The maximum absolute atomic E-state index is 12.1. The standard InChI is InChI=1S/C22H19N5O/c1-2-24-22(28)18-14-27-19-10-8-16(12-23)21(17(19)9-11-20(27)26-18)25-13-15-6-4-3-5-7-15/h3-11,14,25H,2,13H2,1H3,(H,24,28). The normalized spacial score (nSPS) is 10.7. The van der Waals surface area contributed by atoms with Gasteiger partial charge >= 0.3 is 0 Å². The Hall–Kier alpha value is -3.85. The van der Waals surface area contributed by atoms with E-state index in [2.05, 4.69) is 21.7 Å². The molecule has 2 aromatic heterocycles. The maximum atomic E-state index is 12.1. The monoisotopic (exact) mass is 369 g/mol. The molecule has 0 spiro atoms.